The summed E-state index contributed by atoms with van der Waals surface area (Å²) in [5, 5.41) is -0.142. The zero-order valence-electron chi connectivity index (χ0n) is 26.7. The first kappa shape index (κ1) is 38.4. The second-order valence-corrected chi connectivity index (χ2v) is 12.4. The Morgan fingerprint density at radius 3 is 1.40 bits per heavy atom. The predicted molar refractivity (Wildman–Crippen MR) is 164 cm³/mol. The number of hydrogen-bond acceptors (Lipinski definition) is 10. The van der Waals surface area contributed by atoms with Gasteiger partial charge in [0.05, 0.1) is 0 Å². The molecular weight excluding hydrogens is 560 g/mol. The molecule has 0 aromatic rings. The van der Waals surface area contributed by atoms with Gasteiger partial charge in [0.2, 0.25) is 0 Å². The lowest BCUT2D eigenvalue weighted by Gasteiger charge is -2.44. The van der Waals surface area contributed by atoms with Crippen molar-refractivity contribution < 1.29 is 42.9 Å². The first-order chi connectivity index (χ1) is 20.1. The van der Waals surface area contributed by atoms with Crippen LogP contribution in [0.4, 0.5) is 0 Å². The normalized spacial score (nSPS) is 22.0. The van der Waals surface area contributed by atoms with Crippen LogP contribution < -0.4 is 0 Å². The number of carbonyl (C=O) groups is 4. The molecule has 0 unspecified atom stereocenters. The van der Waals surface area contributed by atoms with E-state index in [4.69, 9.17) is 23.7 Å². The first-order valence-corrected chi connectivity index (χ1v) is 17.1. The summed E-state index contributed by atoms with van der Waals surface area (Å²) in [5.74, 6) is -1.72. The van der Waals surface area contributed by atoms with E-state index in [1.807, 2.05) is 0 Å². The minimum absolute atomic E-state index is 0.142. The monoisotopic (exact) mass is 616 g/mol. The maximum atomic E-state index is 11.9. The minimum Gasteiger partial charge on any atom is -0.456 e. The van der Waals surface area contributed by atoms with E-state index in [1.165, 1.54) is 111 Å². The molecule has 244 valence electrons. The van der Waals surface area contributed by atoms with Gasteiger partial charge in [-0.2, -0.15) is 0 Å². The highest BCUT2D eigenvalue weighted by atomic mass is 32.2. The van der Waals surface area contributed by atoms with Gasteiger partial charge in [0.1, 0.15) is 6.10 Å². The molecule has 1 aliphatic rings. The molecule has 0 N–H and O–H groups in total. The average Bonchev–Trinajstić information content (AvgIpc) is 2.91. The number of ether oxygens (including phenoxy) is 5. The molecule has 5 atom stereocenters. The van der Waals surface area contributed by atoms with E-state index in [9.17, 15) is 19.2 Å². The van der Waals surface area contributed by atoms with Crippen molar-refractivity contribution in [3.05, 3.63) is 0 Å². The standard InChI is InChI=1S/C32H56O9S/c1-6-7-8-9-10-11-12-13-14-15-16-17-18-19-20-21-22-37-32-31(40-26(4)35)30(39-25(3)34)29(38-24(2)33)28(41-32)23-42-27(5)36/h28-32H,6-23H2,1-5H3/t28-,29+,30+,31-,32-/m1/s1. The van der Waals surface area contributed by atoms with E-state index >= 15 is 0 Å². The SMILES string of the molecule is CCCCCCCCCCCCCCCCCCO[C@@H]1O[C@H](CSC(C)=O)[C@H](OC(C)=O)[C@H](OC(C)=O)[C@H]1OC(C)=O. The Labute approximate surface area is 257 Å². The predicted octanol–water partition coefficient (Wildman–Crippen LogP) is 7.06. The van der Waals surface area contributed by atoms with Crippen molar-refractivity contribution in [3.8, 4) is 0 Å². The minimum atomic E-state index is -1.14. The van der Waals surface area contributed by atoms with Crippen LogP contribution in [0.3, 0.4) is 0 Å². The molecule has 0 aromatic carbocycles. The van der Waals surface area contributed by atoms with Crippen molar-refractivity contribution >= 4 is 34.8 Å². The Kier molecular flexibility index (Phi) is 21.7. The molecule has 0 saturated carbocycles. The Hall–Kier alpha value is -1.65. The summed E-state index contributed by atoms with van der Waals surface area (Å²) in [5.41, 5.74) is 0. The number of carbonyl (C=O) groups excluding carboxylic acids is 4. The van der Waals surface area contributed by atoms with E-state index in [0.717, 1.165) is 31.0 Å². The Bertz CT molecular complexity index is 775. The third-order valence-corrected chi connectivity index (χ3v) is 8.13. The number of hydrogen-bond donors (Lipinski definition) is 0. The highest BCUT2D eigenvalue weighted by molar-refractivity contribution is 8.13. The highest BCUT2D eigenvalue weighted by Gasteiger charge is 2.52. The van der Waals surface area contributed by atoms with Crippen LogP contribution in [0, 0.1) is 0 Å². The maximum absolute atomic E-state index is 11.9. The summed E-state index contributed by atoms with van der Waals surface area (Å²) in [6, 6.07) is 0. The van der Waals surface area contributed by atoms with Gasteiger partial charge in [0, 0.05) is 40.1 Å². The Morgan fingerprint density at radius 2 is 0.976 bits per heavy atom. The quantitative estimate of drug-likeness (QED) is 0.0671. The van der Waals surface area contributed by atoms with Gasteiger partial charge in [-0.25, -0.2) is 0 Å². The van der Waals surface area contributed by atoms with E-state index in [1.54, 1.807) is 0 Å². The molecule has 0 bridgehead atoms. The Morgan fingerprint density at radius 1 is 0.571 bits per heavy atom. The van der Waals surface area contributed by atoms with Gasteiger partial charge in [-0.3, -0.25) is 19.2 Å². The Balaban J connectivity index is 2.46. The van der Waals surface area contributed by atoms with Gasteiger partial charge in [-0.1, -0.05) is 115 Å². The molecule has 10 heteroatoms. The summed E-state index contributed by atoms with van der Waals surface area (Å²) in [4.78, 5) is 47.3. The molecule has 0 radical (unpaired) electrons. The van der Waals surface area contributed by atoms with Crippen molar-refractivity contribution in [2.45, 2.75) is 168 Å². The number of rotatable bonds is 23. The van der Waals surface area contributed by atoms with Crippen LogP contribution in [0.25, 0.3) is 0 Å². The lowest BCUT2D eigenvalue weighted by Crippen LogP contribution is -2.62. The van der Waals surface area contributed by atoms with Gasteiger partial charge in [-0.05, 0) is 6.42 Å². The third-order valence-electron chi connectivity index (χ3n) is 7.23. The topological polar surface area (TPSA) is 114 Å². The molecule has 1 fully saturated rings. The van der Waals surface area contributed by atoms with Crippen LogP contribution in [0.15, 0.2) is 0 Å². The fraction of sp³-hybridized carbons (Fsp3) is 0.875. The fourth-order valence-electron chi connectivity index (χ4n) is 5.17. The van der Waals surface area contributed by atoms with E-state index in [-0.39, 0.29) is 10.9 Å². The van der Waals surface area contributed by atoms with Gasteiger partial charge < -0.3 is 23.7 Å². The molecule has 1 heterocycles. The van der Waals surface area contributed by atoms with Crippen LogP contribution in [-0.2, 0) is 42.9 Å². The lowest BCUT2D eigenvalue weighted by atomic mass is 9.98. The van der Waals surface area contributed by atoms with Crippen molar-refractivity contribution in [3.63, 3.8) is 0 Å². The zero-order chi connectivity index (χ0) is 31.2. The van der Waals surface area contributed by atoms with E-state index in [2.05, 4.69) is 6.92 Å². The van der Waals surface area contributed by atoms with Crippen molar-refractivity contribution in [2.24, 2.45) is 0 Å². The lowest BCUT2D eigenvalue weighted by molar-refractivity contribution is -0.300. The van der Waals surface area contributed by atoms with Gasteiger partial charge in [0.25, 0.3) is 0 Å². The summed E-state index contributed by atoms with van der Waals surface area (Å²) in [6.45, 7) is 7.71. The van der Waals surface area contributed by atoms with Crippen molar-refractivity contribution in [1.29, 1.82) is 0 Å². The second kappa shape index (κ2) is 23.8. The summed E-state index contributed by atoms with van der Waals surface area (Å²) < 4.78 is 28.4. The molecule has 1 rings (SSSR count). The van der Waals surface area contributed by atoms with Crippen LogP contribution in [0.5, 0.6) is 0 Å². The van der Waals surface area contributed by atoms with Crippen LogP contribution in [0.2, 0.25) is 0 Å². The second-order valence-electron chi connectivity index (χ2n) is 11.2. The number of thioether (sulfide) groups is 1. The molecule has 0 aliphatic carbocycles. The fourth-order valence-corrected chi connectivity index (χ4v) is 5.84. The molecular formula is C32H56O9S. The molecule has 0 spiro atoms. The van der Waals surface area contributed by atoms with Gasteiger partial charge in [-0.15, -0.1) is 0 Å². The van der Waals surface area contributed by atoms with E-state index < -0.39 is 48.6 Å². The molecule has 1 saturated heterocycles. The number of esters is 3. The molecule has 1 aliphatic heterocycles. The molecule has 9 nitrogen and oxygen atoms in total. The maximum Gasteiger partial charge on any atom is 0.303 e. The third kappa shape index (κ3) is 18.1. The largest absolute Gasteiger partial charge is 0.456 e. The summed E-state index contributed by atoms with van der Waals surface area (Å²) in [6.07, 6.45) is 15.1. The zero-order valence-corrected chi connectivity index (χ0v) is 27.5. The summed E-state index contributed by atoms with van der Waals surface area (Å²) >= 11 is 0.998. The number of unbranched alkanes of at least 4 members (excludes halogenated alkanes) is 15. The molecule has 0 aromatic heterocycles. The summed E-state index contributed by atoms with van der Waals surface area (Å²) in [7, 11) is 0. The van der Waals surface area contributed by atoms with Gasteiger partial charge >= 0.3 is 17.9 Å². The molecule has 42 heavy (non-hydrogen) atoms. The molecule has 0 amide bonds. The smallest absolute Gasteiger partial charge is 0.303 e. The average molecular weight is 617 g/mol. The van der Waals surface area contributed by atoms with Crippen LogP contribution >= 0.6 is 11.8 Å². The first-order valence-electron chi connectivity index (χ1n) is 16.1. The van der Waals surface area contributed by atoms with Crippen LogP contribution in [0.1, 0.15) is 137 Å². The van der Waals surface area contributed by atoms with Gasteiger partial charge in [0.15, 0.2) is 29.7 Å². The van der Waals surface area contributed by atoms with Crippen molar-refractivity contribution in [1.82, 2.24) is 0 Å². The highest BCUT2D eigenvalue weighted by Crippen LogP contribution is 2.31. The van der Waals surface area contributed by atoms with E-state index in [0.29, 0.717) is 6.61 Å². The van der Waals surface area contributed by atoms with Crippen molar-refractivity contribution in [2.75, 3.05) is 12.4 Å². The van der Waals surface area contributed by atoms with Crippen LogP contribution in [-0.4, -0.2) is 66.1 Å².